The quantitative estimate of drug-likeness (QED) is 0.875. The Morgan fingerprint density at radius 2 is 1.86 bits per heavy atom. The molecule has 1 aromatic rings. The van der Waals surface area contributed by atoms with Gasteiger partial charge >= 0.3 is 0 Å². The number of nitrogens with one attached hydrogen (secondary N) is 2. The maximum atomic E-state index is 11.0. The van der Waals surface area contributed by atoms with Crippen LogP contribution in [-0.4, -0.2) is 18.5 Å². The minimum Gasteiger partial charge on any atom is -0.353 e. The molecule has 4 nitrogen and oxygen atoms in total. The molecule has 0 bridgehead atoms. The summed E-state index contributed by atoms with van der Waals surface area (Å²) in [6.07, 6.45) is 0. The summed E-state index contributed by atoms with van der Waals surface area (Å²) in [6, 6.07) is 10.0. The van der Waals surface area contributed by atoms with Gasteiger partial charge in [0.25, 0.3) is 0 Å². The Balaban J connectivity index is 2.69. The Morgan fingerprint density at radius 1 is 1.29 bits per heavy atom. The van der Waals surface area contributed by atoms with E-state index in [1.165, 1.54) is 12.5 Å². The van der Waals surface area contributed by atoms with Gasteiger partial charge in [-0.3, -0.25) is 10.1 Å². The third-order valence-corrected chi connectivity index (χ3v) is 3.32. The van der Waals surface area contributed by atoms with E-state index in [0.717, 1.165) is 5.56 Å². The molecule has 0 aromatic heterocycles. The van der Waals surface area contributed by atoms with Crippen molar-refractivity contribution in [3.8, 4) is 6.07 Å². The molecule has 4 heteroatoms. The first-order valence-corrected chi connectivity index (χ1v) is 7.24. The van der Waals surface area contributed by atoms with E-state index in [9.17, 15) is 10.1 Å². The lowest BCUT2D eigenvalue weighted by Gasteiger charge is -2.21. The minimum atomic E-state index is -0.366. The predicted molar refractivity (Wildman–Crippen MR) is 84.8 cm³/mol. The molecule has 0 spiro atoms. The second-order valence-corrected chi connectivity index (χ2v) is 6.44. The lowest BCUT2D eigenvalue weighted by atomic mass is 9.86. The maximum Gasteiger partial charge on any atom is 0.217 e. The van der Waals surface area contributed by atoms with Crippen LogP contribution in [0.2, 0.25) is 0 Å². The molecule has 114 valence electrons. The van der Waals surface area contributed by atoms with Gasteiger partial charge in [0.1, 0.15) is 6.04 Å². The van der Waals surface area contributed by atoms with Gasteiger partial charge in [-0.15, -0.1) is 0 Å². The van der Waals surface area contributed by atoms with Crippen LogP contribution in [0, 0.1) is 11.3 Å². The topological polar surface area (TPSA) is 64.9 Å². The van der Waals surface area contributed by atoms with E-state index >= 15 is 0 Å². The van der Waals surface area contributed by atoms with Gasteiger partial charge < -0.3 is 5.32 Å². The van der Waals surface area contributed by atoms with Gasteiger partial charge in [0.05, 0.1) is 6.07 Å². The summed E-state index contributed by atoms with van der Waals surface area (Å²) in [5.41, 5.74) is 2.30. The Hall–Kier alpha value is -1.86. The molecule has 2 N–H and O–H groups in total. The first-order chi connectivity index (χ1) is 9.74. The fourth-order valence-corrected chi connectivity index (χ4v) is 2.11. The molecular weight excluding hydrogens is 262 g/mol. The summed E-state index contributed by atoms with van der Waals surface area (Å²) in [5, 5.41) is 15.3. The minimum absolute atomic E-state index is 0.00722. The first-order valence-electron chi connectivity index (χ1n) is 7.24. The van der Waals surface area contributed by atoms with Gasteiger partial charge in [0.15, 0.2) is 0 Å². The summed E-state index contributed by atoms with van der Waals surface area (Å²) in [6.45, 7) is 10.4. The molecule has 0 aliphatic rings. The Morgan fingerprint density at radius 3 is 2.29 bits per heavy atom. The lowest BCUT2D eigenvalue weighted by Crippen LogP contribution is -2.39. The second kappa shape index (κ2) is 7.24. The molecule has 1 aromatic carbocycles. The van der Waals surface area contributed by atoms with Crippen molar-refractivity contribution in [2.45, 2.75) is 52.1 Å². The van der Waals surface area contributed by atoms with E-state index in [-0.39, 0.29) is 23.4 Å². The molecule has 1 rings (SSSR count). The van der Waals surface area contributed by atoms with E-state index in [2.05, 4.69) is 49.6 Å². The molecular formula is C17H25N3O. The van der Waals surface area contributed by atoms with Crippen LogP contribution in [0.25, 0.3) is 0 Å². The number of carbonyl (C=O) groups is 1. The molecule has 21 heavy (non-hydrogen) atoms. The fourth-order valence-electron chi connectivity index (χ4n) is 2.11. The van der Waals surface area contributed by atoms with Crippen molar-refractivity contribution in [1.29, 1.82) is 5.26 Å². The van der Waals surface area contributed by atoms with Crippen LogP contribution in [0.15, 0.2) is 24.3 Å². The summed E-state index contributed by atoms with van der Waals surface area (Å²) in [4.78, 5) is 11.0. The van der Waals surface area contributed by atoms with E-state index < -0.39 is 0 Å². The highest BCUT2D eigenvalue weighted by atomic mass is 16.1. The van der Waals surface area contributed by atoms with Crippen LogP contribution in [0.4, 0.5) is 0 Å². The zero-order valence-corrected chi connectivity index (χ0v) is 13.5. The zero-order chi connectivity index (χ0) is 16.0. The van der Waals surface area contributed by atoms with E-state index in [1.54, 1.807) is 0 Å². The number of rotatable bonds is 5. The highest BCUT2D eigenvalue weighted by Crippen LogP contribution is 2.23. The van der Waals surface area contributed by atoms with Crippen molar-refractivity contribution < 1.29 is 4.79 Å². The number of benzene rings is 1. The van der Waals surface area contributed by atoms with Gasteiger partial charge in [-0.25, -0.2) is 0 Å². The second-order valence-electron chi connectivity index (χ2n) is 6.44. The summed E-state index contributed by atoms with van der Waals surface area (Å²) in [7, 11) is 0. The van der Waals surface area contributed by atoms with Crippen LogP contribution in [-0.2, 0) is 10.2 Å². The van der Waals surface area contributed by atoms with Gasteiger partial charge in [0, 0.05) is 19.5 Å². The number of amides is 1. The van der Waals surface area contributed by atoms with E-state index in [0.29, 0.717) is 6.54 Å². The van der Waals surface area contributed by atoms with Gasteiger partial charge in [-0.05, 0) is 23.5 Å². The third kappa shape index (κ3) is 5.57. The summed E-state index contributed by atoms with van der Waals surface area (Å²) in [5.74, 6) is -0.0627. The van der Waals surface area contributed by atoms with Gasteiger partial charge in [-0.2, -0.15) is 5.26 Å². The largest absolute Gasteiger partial charge is 0.353 e. The fraction of sp³-hybridized carbons (Fsp3) is 0.529. The molecule has 0 radical (unpaired) electrons. The van der Waals surface area contributed by atoms with Crippen molar-refractivity contribution in [3.63, 3.8) is 0 Å². The molecule has 0 aliphatic carbocycles. The number of carbonyl (C=O) groups excluding carboxylic acids is 1. The monoisotopic (exact) mass is 287 g/mol. The average molecular weight is 287 g/mol. The van der Waals surface area contributed by atoms with Crippen molar-refractivity contribution in [2.24, 2.45) is 0 Å². The molecule has 0 fully saturated rings. The standard InChI is InChI=1S/C17H25N3O/c1-12(20-13(2)21)11-19-16(10-18)14-6-8-15(9-7-14)17(3,4)5/h6-9,12,16,19H,11H2,1-5H3,(H,20,21). The van der Waals surface area contributed by atoms with Gasteiger partial charge in [-0.1, -0.05) is 45.0 Å². The number of hydrogen-bond acceptors (Lipinski definition) is 3. The third-order valence-electron chi connectivity index (χ3n) is 3.32. The van der Waals surface area contributed by atoms with Crippen LogP contribution >= 0.6 is 0 Å². The number of nitrogens with zero attached hydrogens (tertiary/aromatic N) is 1. The smallest absolute Gasteiger partial charge is 0.217 e. The average Bonchev–Trinajstić information content (AvgIpc) is 2.38. The van der Waals surface area contributed by atoms with Crippen molar-refractivity contribution >= 4 is 5.91 Å². The molecule has 2 atom stereocenters. The van der Waals surface area contributed by atoms with Crippen molar-refractivity contribution in [1.82, 2.24) is 10.6 Å². The molecule has 0 saturated carbocycles. The molecule has 2 unspecified atom stereocenters. The molecule has 0 aliphatic heterocycles. The van der Waals surface area contributed by atoms with Gasteiger partial charge in [0.2, 0.25) is 5.91 Å². The number of nitriles is 1. The van der Waals surface area contributed by atoms with Crippen LogP contribution in [0.5, 0.6) is 0 Å². The highest BCUT2D eigenvalue weighted by Gasteiger charge is 2.16. The summed E-state index contributed by atoms with van der Waals surface area (Å²) >= 11 is 0. The predicted octanol–water partition coefficient (Wildman–Crippen LogP) is 2.66. The van der Waals surface area contributed by atoms with E-state index in [4.69, 9.17) is 0 Å². The number of hydrogen-bond donors (Lipinski definition) is 2. The molecule has 0 heterocycles. The van der Waals surface area contributed by atoms with Crippen LogP contribution in [0.1, 0.15) is 51.8 Å². The molecule has 0 saturated heterocycles. The maximum absolute atomic E-state index is 11.0. The first kappa shape index (κ1) is 17.2. The highest BCUT2D eigenvalue weighted by molar-refractivity contribution is 5.73. The van der Waals surface area contributed by atoms with Crippen LogP contribution < -0.4 is 10.6 Å². The normalized spacial score (nSPS) is 14.1. The van der Waals surface area contributed by atoms with Crippen LogP contribution in [0.3, 0.4) is 0 Å². The Labute approximate surface area is 127 Å². The SMILES string of the molecule is CC(=O)NC(C)CNC(C#N)c1ccc(C(C)(C)C)cc1. The lowest BCUT2D eigenvalue weighted by molar-refractivity contribution is -0.119. The van der Waals surface area contributed by atoms with Crippen molar-refractivity contribution in [2.75, 3.05) is 6.54 Å². The summed E-state index contributed by atoms with van der Waals surface area (Å²) < 4.78 is 0. The Bertz CT molecular complexity index is 508. The van der Waals surface area contributed by atoms with Crippen molar-refractivity contribution in [3.05, 3.63) is 35.4 Å². The Kier molecular flexibility index (Phi) is 5.92. The zero-order valence-electron chi connectivity index (χ0n) is 13.5. The van der Waals surface area contributed by atoms with E-state index in [1.807, 2.05) is 19.1 Å². The molecule has 1 amide bonds.